The lowest BCUT2D eigenvalue weighted by Gasteiger charge is -2.25. The SMILES string of the molecule is CCOC(=O)C(NC(=O)OCC1c2ccccc2-c2ccccc21)C(=O)N(CC(=O)O)CC1CC1. The number of nitrogens with one attached hydrogen (secondary N) is 1. The second kappa shape index (κ2) is 10.6. The smallest absolute Gasteiger partial charge is 0.408 e. The van der Waals surface area contributed by atoms with Gasteiger partial charge >= 0.3 is 18.0 Å². The Kier molecular flexibility index (Phi) is 7.33. The van der Waals surface area contributed by atoms with E-state index in [0.717, 1.165) is 40.0 Å². The minimum absolute atomic E-state index is 0.00343. The Hall–Kier alpha value is -3.88. The number of aliphatic carboxylic acids is 1. The summed E-state index contributed by atoms with van der Waals surface area (Å²) >= 11 is 0. The molecule has 0 saturated heterocycles. The number of amides is 2. The van der Waals surface area contributed by atoms with E-state index in [9.17, 15) is 24.3 Å². The first-order chi connectivity index (χ1) is 16.9. The Bertz CT molecular complexity index is 1080. The number of carboxylic acid groups (broad SMARTS) is 1. The fraction of sp³-hybridized carbons (Fsp3) is 0.385. The van der Waals surface area contributed by atoms with Gasteiger partial charge in [-0.05, 0) is 47.9 Å². The minimum Gasteiger partial charge on any atom is -0.480 e. The molecule has 1 unspecified atom stereocenters. The highest BCUT2D eigenvalue weighted by atomic mass is 16.6. The Morgan fingerprint density at radius 1 is 1.00 bits per heavy atom. The number of carboxylic acids is 1. The van der Waals surface area contributed by atoms with Gasteiger partial charge < -0.3 is 19.5 Å². The maximum absolute atomic E-state index is 13.1. The maximum atomic E-state index is 13.1. The quantitative estimate of drug-likeness (QED) is 0.396. The predicted molar refractivity (Wildman–Crippen MR) is 126 cm³/mol. The second-order valence-corrected chi connectivity index (χ2v) is 8.71. The van der Waals surface area contributed by atoms with E-state index in [0.29, 0.717) is 0 Å². The van der Waals surface area contributed by atoms with Crippen molar-refractivity contribution in [1.29, 1.82) is 0 Å². The number of rotatable bonds is 10. The lowest BCUT2D eigenvalue weighted by molar-refractivity contribution is -0.154. The fourth-order valence-corrected chi connectivity index (χ4v) is 4.40. The largest absolute Gasteiger partial charge is 0.480 e. The predicted octanol–water partition coefficient (Wildman–Crippen LogP) is 2.78. The first-order valence-corrected chi connectivity index (χ1v) is 11.7. The molecule has 184 valence electrons. The summed E-state index contributed by atoms with van der Waals surface area (Å²) in [7, 11) is 0. The summed E-state index contributed by atoms with van der Waals surface area (Å²) < 4.78 is 10.4. The number of carbonyl (C=O) groups excluding carboxylic acids is 3. The summed E-state index contributed by atoms with van der Waals surface area (Å²) in [4.78, 5) is 50.6. The van der Waals surface area contributed by atoms with Gasteiger partial charge in [-0.25, -0.2) is 9.59 Å². The number of nitrogens with zero attached hydrogens (tertiary/aromatic N) is 1. The van der Waals surface area contributed by atoms with Crippen molar-refractivity contribution in [3.63, 3.8) is 0 Å². The van der Waals surface area contributed by atoms with Gasteiger partial charge in [-0.2, -0.15) is 0 Å². The Balaban J connectivity index is 1.46. The molecule has 4 rings (SSSR count). The second-order valence-electron chi connectivity index (χ2n) is 8.71. The average Bonchev–Trinajstić information content (AvgIpc) is 3.60. The van der Waals surface area contributed by atoms with Crippen LogP contribution in [0.25, 0.3) is 11.1 Å². The standard InChI is InChI=1S/C26H28N2O7/c1-2-34-25(32)23(24(31)28(14-22(29)30)13-16-11-12-16)27-26(33)35-15-21-19-9-5-3-7-17(19)18-8-4-6-10-20(18)21/h3-10,16,21,23H,2,11-15H2,1H3,(H,27,33)(H,29,30). The van der Waals surface area contributed by atoms with E-state index in [2.05, 4.69) is 5.32 Å². The van der Waals surface area contributed by atoms with E-state index in [-0.39, 0.29) is 31.6 Å². The molecule has 0 radical (unpaired) electrons. The third-order valence-corrected chi connectivity index (χ3v) is 6.19. The number of esters is 1. The zero-order valence-corrected chi connectivity index (χ0v) is 19.4. The van der Waals surface area contributed by atoms with E-state index >= 15 is 0 Å². The number of carbonyl (C=O) groups is 4. The van der Waals surface area contributed by atoms with Gasteiger partial charge in [0.1, 0.15) is 13.2 Å². The number of ether oxygens (including phenoxy) is 2. The summed E-state index contributed by atoms with van der Waals surface area (Å²) in [6.45, 7) is 1.21. The molecule has 35 heavy (non-hydrogen) atoms. The van der Waals surface area contributed by atoms with E-state index in [4.69, 9.17) is 9.47 Å². The number of benzene rings is 2. The number of alkyl carbamates (subject to hydrolysis) is 1. The van der Waals surface area contributed by atoms with Gasteiger partial charge in [0.2, 0.25) is 6.04 Å². The molecule has 0 aliphatic heterocycles. The number of hydrogen-bond acceptors (Lipinski definition) is 6. The number of fused-ring (bicyclic) bond motifs is 3. The van der Waals surface area contributed by atoms with Crippen LogP contribution in [0, 0.1) is 5.92 Å². The van der Waals surface area contributed by atoms with Crippen LogP contribution in [0.3, 0.4) is 0 Å². The van der Waals surface area contributed by atoms with Gasteiger partial charge in [-0.1, -0.05) is 48.5 Å². The molecular formula is C26H28N2O7. The molecule has 2 aromatic carbocycles. The lowest BCUT2D eigenvalue weighted by Crippen LogP contribution is -2.55. The number of hydrogen-bond donors (Lipinski definition) is 2. The molecule has 2 N–H and O–H groups in total. The van der Waals surface area contributed by atoms with Crippen molar-refractivity contribution < 1.29 is 33.8 Å². The molecule has 2 aliphatic rings. The van der Waals surface area contributed by atoms with Crippen LogP contribution < -0.4 is 5.32 Å². The van der Waals surface area contributed by atoms with Crippen LogP contribution in [0.5, 0.6) is 0 Å². The van der Waals surface area contributed by atoms with Crippen molar-refractivity contribution in [2.24, 2.45) is 5.92 Å². The van der Waals surface area contributed by atoms with E-state index in [1.165, 1.54) is 0 Å². The molecule has 2 amide bonds. The van der Waals surface area contributed by atoms with Crippen LogP contribution in [0.2, 0.25) is 0 Å². The first kappa shape index (κ1) is 24.3. The van der Waals surface area contributed by atoms with Crippen LogP contribution in [-0.4, -0.2) is 66.3 Å². The molecule has 1 saturated carbocycles. The summed E-state index contributed by atoms with van der Waals surface area (Å²) in [6, 6.07) is 14.0. The summed E-state index contributed by atoms with van der Waals surface area (Å²) in [6.07, 6.45) is 0.806. The van der Waals surface area contributed by atoms with Crippen molar-refractivity contribution in [2.75, 3.05) is 26.3 Å². The van der Waals surface area contributed by atoms with Crippen molar-refractivity contribution in [3.8, 4) is 11.1 Å². The summed E-state index contributed by atoms with van der Waals surface area (Å²) in [5.74, 6) is -3.00. The summed E-state index contributed by atoms with van der Waals surface area (Å²) in [5.41, 5.74) is 4.19. The molecule has 0 bridgehead atoms. The van der Waals surface area contributed by atoms with Gasteiger partial charge in [0.05, 0.1) is 6.61 Å². The lowest BCUT2D eigenvalue weighted by atomic mass is 9.98. The van der Waals surface area contributed by atoms with Crippen molar-refractivity contribution in [1.82, 2.24) is 10.2 Å². The molecule has 2 aromatic rings. The molecule has 9 heteroatoms. The fourth-order valence-electron chi connectivity index (χ4n) is 4.40. The molecule has 0 heterocycles. The Labute approximate surface area is 203 Å². The van der Waals surface area contributed by atoms with Crippen molar-refractivity contribution in [3.05, 3.63) is 59.7 Å². The molecule has 1 fully saturated rings. The first-order valence-electron chi connectivity index (χ1n) is 11.7. The van der Waals surface area contributed by atoms with Gasteiger partial charge in [-0.15, -0.1) is 0 Å². The zero-order valence-electron chi connectivity index (χ0n) is 19.4. The highest BCUT2D eigenvalue weighted by molar-refractivity contribution is 6.04. The van der Waals surface area contributed by atoms with Gasteiger partial charge in [-0.3, -0.25) is 14.9 Å². The van der Waals surface area contributed by atoms with Gasteiger partial charge in [0.25, 0.3) is 5.91 Å². The highest BCUT2D eigenvalue weighted by Gasteiger charge is 2.37. The van der Waals surface area contributed by atoms with Crippen LogP contribution in [0.1, 0.15) is 36.8 Å². The van der Waals surface area contributed by atoms with Crippen LogP contribution in [0.4, 0.5) is 4.79 Å². The Morgan fingerprint density at radius 2 is 1.60 bits per heavy atom. The molecule has 0 aromatic heterocycles. The highest BCUT2D eigenvalue weighted by Crippen LogP contribution is 2.44. The average molecular weight is 481 g/mol. The van der Waals surface area contributed by atoms with Gasteiger partial charge in [0.15, 0.2) is 0 Å². The van der Waals surface area contributed by atoms with Crippen molar-refractivity contribution >= 4 is 23.9 Å². The Morgan fingerprint density at radius 3 is 2.14 bits per heavy atom. The van der Waals surface area contributed by atoms with Crippen molar-refractivity contribution in [2.45, 2.75) is 31.7 Å². The van der Waals surface area contributed by atoms with E-state index < -0.39 is 36.5 Å². The van der Waals surface area contributed by atoms with Gasteiger partial charge in [0, 0.05) is 12.5 Å². The molecule has 0 spiro atoms. The third kappa shape index (κ3) is 5.62. The topological polar surface area (TPSA) is 122 Å². The monoisotopic (exact) mass is 480 g/mol. The molecule has 2 aliphatic carbocycles. The maximum Gasteiger partial charge on any atom is 0.408 e. The van der Waals surface area contributed by atoms with Crippen LogP contribution in [-0.2, 0) is 23.9 Å². The normalized spacial score (nSPS) is 14.9. The van der Waals surface area contributed by atoms with Crippen LogP contribution in [0.15, 0.2) is 48.5 Å². The van der Waals surface area contributed by atoms with E-state index in [1.807, 2.05) is 48.5 Å². The van der Waals surface area contributed by atoms with Crippen LogP contribution >= 0.6 is 0 Å². The molecule has 9 nitrogen and oxygen atoms in total. The minimum atomic E-state index is -1.69. The summed E-state index contributed by atoms with van der Waals surface area (Å²) in [5, 5.41) is 11.5. The zero-order chi connectivity index (χ0) is 24.9. The molecular weight excluding hydrogens is 452 g/mol. The third-order valence-electron chi connectivity index (χ3n) is 6.19. The molecule has 1 atom stereocenters. The van der Waals surface area contributed by atoms with E-state index in [1.54, 1.807) is 6.92 Å².